The number of nitrogens with zero attached hydrogens (tertiary/aromatic N) is 5. The van der Waals surface area contributed by atoms with Crippen molar-refractivity contribution in [1.29, 1.82) is 0 Å². The first-order valence-electron chi connectivity index (χ1n) is 9.92. The Kier molecular flexibility index (Phi) is 5.99. The number of aromatic hydroxyl groups is 1. The minimum absolute atomic E-state index is 0.00293. The van der Waals surface area contributed by atoms with E-state index in [0.717, 1.165) is 17.8 Å². The first-order chi connectivity index (χ1) is 15.3. The average Bonchev–Trinajstić information content (AvgIpc) is 3.29. The molecule has 1 saturated heterocycles. The van der Waals surface area contributed by atoms with Crippen LogP contribution in [0.1, 0.15) is 5.56 Å². The van der Waals surface area contributed by atoms with Crippen molar-refractivity contribution < 1.29 is 23.1 Å². The molecule has 1 fully saturated rings. The molecule has 0 spiro atoms. The normalized spacial score (nSPS) is 15.0. The molecule has 32 heavy (non-hydrogen) atoms. The maximum absolute atomic E-state index is 13.2. The fourth-order valence-corrected chi connectivity index (χ4v) is 3.62. The number of alkyl halides is 3. The molecule has 3 aromatic rings. The number of hydrogen-bond donors (Lipinski definition) is 2. The van der Waals surface area contributed by atoms with Gasteiger partial charge in [-0.05, 0) is 30.3 Å². The molecule has 0 unspecified atom stereocenters. The number of hydrogen-bond acceptors (Lipinski definition) is 6. The predicted molar refractivity (Wildman–Crippen MR) is 112 cm³/mol. The number of piperazine rings is 1. The lowest BCUT2D eigenvalue weighted by molar-refractivity contribution is -0.137. The third-order valence-corrected chi connectivity index (χ3v) is 5.23. The third-order valence-electron chi connectivity index (χ3n) is 5.23. The summed E-state index contributed by atoms with van der Waals surface area (Å²) >= 11 is 0. The van der Waals surface area contributed by atoms with Gasteiger partial charge in [0.25, 0.3) is 0 Å². The molecule has 0 atom stereocenters. The van der Waals surface area contributed by atoms with Crippen LogP contribution in [0.25, 0.3) is 5.69 Å². The largest absolute Gasteiger partial charge is 0.506 e. The van der Waals surface area contributed by atoms with Gasteiger partial charge >= 0.3 is 6.18 Å². The van der Waals surface area contributed by atoms with Gasteiger partial charge in [-0.3, -0.25) is 9.69 Å². The lowest BCUT2D eigenvalue weighted by Crippen LogP contribution is -2.48. The van der Waals surface area contributed by atoms with E-state index < -0.39 is 17.6 Å². The van der Waals surface area contributed by atoms with E-state index in [1.165, 1.54) is 23.4 Å². The van der Waals surface area contributed by atoms with Crippen molar-refractivity contribution in [3.05, 3.63) is 60.7 Å². The maximum Gasteiger partial charge on any atom is 0.416 e. The minimum atomic E-state index is -4.54. The summed E-state index contributed by atoms with van der Waals surface area (Å²) in [5.74, 6) is -0.231. The highest BCUT2D eigenvalue weighted by Crippen LogP contribution is 2.33. The van der Waals surface area contributed by atoms with Crippen molar-refractivity contribution in [2.24, 2.45) is 0 Å². The zero-order valence-corrected chi connectivity index (χ0v) is 17.0. The number of phenols is 1. The van der Waals surface area contributed by atoms with Crippen LogP contribution in [-0.2, 0) is 11.0 Å². The molecule has 0 radical (unpaired) electrons. The molecular weight excluding hydrogens is 425 g/mol. The summed E-state index contributed by atoms with van der Waals surface area (Å²) in [6.07, 6.45) is -1.94. The Labute approximate surface area is 181 Å². The molecule has 4 rings (SSSR count). The number of halogens is 3. The Morgan fingerprint density at radius 2 is 1.81 bits per heavy atom. The molecular formula is C21H21F3N6O2. The zero-order chi connectivity index (χ0) is 22.7. The van der Waals surface area contributed by atoms with Crippen LogP contribution in [0.5, 0.6) is 5.75 Å². The number of benzene rings is 2. The molecule has 1 aliphatic rings. The van der Waals surface area contributed by atoms with Gasteiger partial charge in [-0.15, -0.1) is 0 Å². The number of carbonyl (C=O) groups excluding carboxylic acids is 1. The molecule has 11 heteroatoms. The number of anilines is 2. The molecule has 1 aromatic heterocycles. The van der Waals surface area contributed by atoms with Crippen molar-refractivity contribution >= 4 is 17.3 Å². The summed E-state index contributed by atoms with van der Waals surface area (Å²) in [5.41, 5.74) is 0.155. The summed E-state index contributed by atoms with van der Waals surface area (Å²) < 4.78 is 40.8. The summed E-state index contributed by atoms with van der Waals surface area (Å²) in [6.45, 7) is 2.39. The highest BCUT2D eigenvalue weighted by molar-refractivity contribution is 5.94. The Balaban J connectivity index is 1.42. The van der Waals surface area contributed by atoms with Gasteiger partial charge in [0.2, 0.25) is 5.91 Å². The van der Waals surface area contributed by atoms with E-state index in [0.29, 0.717) is 26.2 Å². The predicted octanol–water partition coefficient (Wildman–Crippen LogP) is 2.75. The minimum Gasteiger partial charge on any atom is -0.506 e. The van der Waals surface area contributed by atoms with E-state index in [4.69, 9.17) is 0 Å². The van der Waals surface area contributed by atoms with Crippen molar-refractivity contribution in [2.75, 3.05) is 42.9 Å². The smallest absolute Gasteiger partial charge is 0.416 e. The first-order valence-corrected chi connectivity index (χ1v) is 9.92. The quantitative estimate of drug-likeness (QED) is 0.627. The summed E-state index contributed by atoms with van der Waals surface area (Å²) in [5, 5.41) is 16.5. The molecule has 2 N–H and O–H groups in total. The van der Waals surface area contributed by atoms with E-state index in [-0.39, 0.29) is 23.7 Å². The lowest BCUT2D eigenvalue weighted by Gasteiger charge is -2.35. The van der Waals surface area contributed by atoms with Crippen molar-refractivity contribution in [2.45, 2.75) is 6.18 Å². The molecule has 1 aliphatic heterocycles. The summed E-state index contributed by atoms with van der Waals surface area (Å²) in [4.78, 5) is 20.4. The van der Waals surface area contributed by atoms with Gasteiger partial charge < -0.3 is 15.3 Å². The average molecular weight is 446 g/mol. The third kappa shape index (κ3) is 4.83. The maximum atomic E-state index is 13.2. The van der Waals surface area contributed by atoms with E-state index in [1.54, 1.807) is 12.1 Å². The van der Waals surface area contributed by atoms with Crippen LogP contribution in [0.2, 0.25) is 0 Å². The van der Waals surface area contributed by atoms with Crippen LogP contribution >= 0.6 is 0 Å². The van der Waals surface area contributed by atoms with Crippen LogP contribution in [0.4, 0.5) is 24.5 Å². The van der Waals surface area contributed by atoms with E-state index in [9.17, 15) is 23.1 Å². The summed E-state index contributed by atoms with van der Waals surface area (Å²) in [6, 6.07) is 10.1. The number of carbonyl (C=O) groups is 1. The number of aromatic nitrogens is 3. The van der Waals surface area contributed by atoms with Gasteiger partial charge in [0.1, 0.15) is 18.4 Å². The van der Waals surface area contributed by atoms with E-state index >= 15 is 0 Å². The van der Waals surface area contributed by atoms with Gasteiger partial charge in [-0.25, -0.2) is 9.67 Å². The van der Waals surface area contributed by atoms with Crippen molar-refractivity contribution in [3.63, 3.8) is 0 Å². The molecule has 1 amide bonds. The lowest BCUT2D eigenvalue weighted by atomic mass is 10.1. The molecule has 168 valence electrons. The molecule has 0 saturated carbocycles. The van der Waals surface area contributed by atoms with Gasteiger partial charge in [0.05, 0.1) is 29.2 Å². The Hall–Kier alpha value is -3.60. The number of phenolic OH excluding ortho intramolecular Hbond substituents is 1. The standard InChI is InChI=1S/C21H21F3N6O2/c22-21(23,24)15-5-6-17(30-14-25-13-26-30)16(11-15)27-20(32)12-28-7-9-29(10-8-28)18-3-1-2-4-19(18)31/h1-6,11,13-14,31H,7-10,12H2,(H,27,32). The fourth-order valence-electron chi connectivity index (χ4n) is 3.62. The van der Waals surface area contributed by atoms with Gasteiger partial charge in [-0.2, -0.15) is 18.3 Å². The Bertz CT molecular complexity index is 1080. The van der Waals surface area contributed by atoms with Crippen LogP contribution in [0.3, 0.4) is 0 Å². The topological polar surface area (TPSA) is 86.5 Å². The molecule has 2 heterocycles. The second-order valence-corrected chi connectivity index (χ2v) is 7.37. The SMILES string of the molecule is O=C(CN1CCN(c2ccccc2O)CC1)Nc1cc(C(F)(F)F)ccc1-n1cncn1. The van der Waals surface area contributed by atoms with Gasteiger partial charge in [-0.1, -0.05) is 12.1 Å². The molecule has 0 bridgehead atoms. The molecule has 0 aliphatic carbocycles. The highest BCUT2D eigenvalue weighted by atomic mass is 19.4. The summed E-state index contributed by atoms with van der Waals surface area (Å²) in [7, 11) is 0. The second-order valence-electron chi connectivity index (χ2n) is 7.37. The number of para-hydroxylation sites is 2. The Morgan fingerprint density at radius 3 is 2.47 bits per heavy atom. The van der Waals surface area contributed by atoms with Gasteiger partial charge in [0.15, 0.2) is 0 Å². The van der Waals surface area contributed by atoms with E-state index in [1.807, 2.05) is 21.9 Å². The second kappa shape index (κ2) is 8.87. The first kappa shape index (κ1) is 21.6. The number of nitrogens with one attached hydrogen (secondary N) is 1. The van der Waals surface area contributed by atoms with Crippen LogP contribution < -0.4 is 10.2 Å². The zero-order valence-electron chi connectivity index (χ0n) is 17.0. The number of amides is 1. The van der Waals surface area contributed by atoms with Crippen LogP contribution in [0.15, 0.2) is 55.1 Å². The van der Waals surface area contributed by atoms with Crippen LogP contribution in [0, 0.1) is 0 Å². The van der Waals surface area contributed by atoms with E-state index in [2.05, 4.69) is 15.4 Å². The molecule has 2 aromatic carbocycles. The number of rotatable bonds is 5. The van der Waals surface area contributed by atoms with Crippen LogP contribution in [-0.4, -0.2) is 63.4 Å². The molecule has 8 nitrogen and oxygen atoms in total. The van der Waals surface area contributed by atoms with Crippen molar-refractivity contribution in [3.8, 4) is 11.4 Å². The van der Waals surface area contributed by atoms with Crippen molar-refractivity contribution in [1.82, 2.24) is 19.7 Å². The monoisotopic (exact) mass is 446 g/mol. The van der Waals surface area contributed by atoms with Gasteiger partial charge in [0, 0.05) is 26.2 Å². The highest BCUT2D eigenvalue weighted by Gasteiger charge is 2.31. The fraction of sp³-hybridized carbons (Fsp3) is 0.286. The Morgan fingerprint density at radius 1 is 1.06 bits per heavy atom.